The molecule has 2 N–H and O–H groups in total. The van der Waals surface area contributed by atoms with Crippen molar-refractivity contribution in [1.82, 2.24) is 4.98 Å². The summed E-state index contributed by atoms with van der Waals surface area (Å²) in [6.45, 7) is 3.10. The number of nitro groups is 1. The SMILES string of the molecule is CC(C)C(=O)C(=O)O.O=[N+]([O-])c1c(Cl)cccc1-c1c[nH]cc1Cl. The Morgan fingerprint density at radius 2 is 1.79 bits per heavy atom. The average Bonchev–Trinajstić information content (AvgIpc) is 2.92. The standard InChI is InChI=1S/C10H6Cl2N2O2.C5H8O3/c11-8-3-1-2-6(10(8)14(15)16)7-4-13-5-9(7)12;1-3(2)4(6)5(7)8/h1-5,13H;3H,1-2H3,(H,7,8). The highest BCUT2D eigenvalue weighted by Gasteiger charge is 2.21. The van der Waals surface area contributed by atoms with Gasteiger partial charge in [0.2, 0.25) is 5.78 Å². The summed E-state index contributed by atoms with van der Waals surface area (Å²) in [5, 5.41) is 19.4. The Labute approximate surface area is 147 Å². The summed E-state index contributed by atoms with van der Waals surface area (Å²) >= 11 is 11.7. The van der Waals surface area contributed by atoms with Crippen LogP contribution in [-0.4, -0.2) is 26.8 Å². The van der Waals surface area contributed by atoms with Gasteiger partial charge in [-0.1, -0.05) is 43.1 Å². The van der Waals surface area contributed by atoms with Crippen LogP contribution in [0.2, 0.25) is 10.0 Å². The van der Waals surface area contributed by atoms with Crippen LogP contribution in [0.3, 0.4) is 0 Å². The third kappa shape index (κ3) is 4.81. The Morgan fingerprint density at radius 3 is 2.17 bits per heavy atom. The van der Waals surface area contributed by atoms with Crippen molar-refractivity contribution in [3.05, 3.63) is 50.8 Å². The van der Waals surface area contributed by atoms with Crippen LogP contribution in [0.1, 0.15) is 13.8 Å². The first-order valence-electron chi connectivity index (χ1n) is 6.69. The van der Waals surface area contributed by atoms with E-state index in [1.807, 2.05) is 0 Å². The topological polar surface area (TPSA) is 113 Å². The first kappa shape index (κ1) is 19.7. The zero-order valence-corrected chi connectivity index (χ0v) is 14.3. The molecule has 0 aliphatic rings. The molecule has 0 radical (unpaired) electrons. The molecule has 0 saturated heterocycles. The lowest BCUT2D eigenvalue weighted by Crippen LogP contribution is -2.18. The Morgan fingerprint density at radius 1 is 1.17 bits per heavy atom. The van der Waals surface area contributed by atoms with Crippen LogP contribution in [0.4, 0.5) is 5.69 Å². The van der Waals surface area contributed by atoms with E-state index < -0.39 is 22.6 Å². The van der Waals surface area contributed by atoms with Gasteiger partial charge in [0, 0.05) is 23.9 Å². The van der Waals surface area contributed by atoms with Crippen LogP contribution in [0.5, 0.6) is 0 Å². The van der Waals surface area contributed by atoms with E-state index in [0.29, 0.717) is 16.1 Å². The highest BCUT2D eigenvalue weighted by Crippen LogP contribution is 2.38. The van der Waals surface area contributed by atoms with Crippen LogP contribution in [0.25, 0.3) is 11.1 Å². The third-order valence-corrected chi connectivity index (χ3v) is 3.51. The van der Waals surface area contributed by atoms with Crippen molar-refractivity contribution in [2.24, 2.45) is 5.92 Å². The molecule has 0 fully saturated rings. The zero-order valence-electron chi connectivity index (χ0n) is 12.7. The molecule has 1 aromatic carbocycles. The number of hydrogen-bond acceptors (Lipinski definition) is 4. The molecule has 0 aliphatic carbocycles. The maximum absolute atomic E-state index is 10.9. The van der Waals surface area contributed by atoms with E-state index in [2.05, 4.69) is 4.98 Å². The molecular weight excluding hydrogens is 359 g/mol. The number of rotatable bonds is 4. The smallest absolute Gasteiger partial charge is 0.372 e. The number of para-hydroxylation sites is 1. The lowest BCUT2D eigenvalue weighted by atomic mass is 10.1. The number of carbonyl (C=O) groups is 2. The van der Waals surface area contributed by atoms with Gasteiger partial charge in [-0.25, -0.2) is 4.79 Å². The molecule has 0 unspecified atom stereocenters. The van der Waals surface area contributed by atoms with Crippen molar-refractivity contribution < 1.29 is 19.6 Å². The lowest BCUT2D eigenvalue weighted by molar-refractivity contribution is -0.384. The van der Waals surface area contributed by atoms with E-state index in [9.17, 15) is 19.7 Å². The molecule has 1 heterocycles. The maximum atomic E-state index is 10.9. The minimum Gasteiger partial charge on any atom is -0.475 e. The number of nitro benzene ring substituents is 1. The quantitative estimate of drug-likeness (QED) is 0.474. The molecule has 1 aromatic heterocycles. The number of carbonyl (C=O) groups excluding carboxylic acids is 1. The number of H-pyrrole nitrogens is 1. The molecule has 0 aliphatic heterocycles. The molecule has 0 amide bonds. The Bertz CT molecular complexity index is 771. The second-order valence-corrected chi connectivity index (χ2v) is 5.75. The monoisotopic (exact) mass is 372 g/mol. The number of ketones is 1. The predicted molar refractivity (Wildman–Crippen MR) is 90.4 cm³/mol. The number of aliphatic carboxylic acids is 1. The summed E-state index contributed by atoms with van der Waals surface area (Å²) in [5.41, 5.74) is 0.838. The second-order valence-electron chi connectivity index (χ2n) is 4.93. The number of Topliss-reactive ketones (excluding diaryl/α,β-unsaturated/α-hetero) is 1. The van der Waals surface area contributed by atoms with E-state index >= 15 is 0 Å². The summed E-state index contributed by atoms with van der Waals surface area (Å²) in [6.07, 6.45) is 3.16. The molecular formula is C15H14Cl2N2O5. The Balaban J connectivity index is 0.000000307. The largest absolute Gasteiger partial charge is 0.475 e. The normalized spacial score (nSPS) is 10.0. The Hall–Kier alpha value is -2.38. The molecule has 128 valence electrons. The van der Waals surface area contributed by atoms with Crippen molar-refractivity contribution in [2.75, 3.05) is 0 Å². The highest BCUT2D eigenvalue weighted by atomic mass is 35.5. The van der Waals surface area contributed by atoms with Gasteiger partial charge in [0.05, 0.1) is 15.5 Å². The van der Waals surface area contributed by atoms with Crippen molar-refractivity contribution >= 4 is 40.6 Å². The lowest BCUT2D eigenvalue weighted by Gasteiger charge is -2.02. The van der Waals surface area contributed by atoms with E-state index in [1.54, 1.807) is 38.4 Å². The summed E-state index contributed by atoms with van der Waals surface area (Å²) in [7, 11) is 0. The van der Waals surface area contributed by atoms with Gasteiger partial charge in [0.15, 0.2) is 0 Å². The maximum Gasteiger partial charge on any atom is 0.372 e. The summed E-state index contributed by atoms with van der Waals surface area (Å²) in [5.74, 6) is -2.47. The number of carboxylic acid groups (broad SMARTS) is 1. The van der Waals surface area contributed by atoms with E-state index in [4.69, 9.17) is 28.3 Å². The minimum absolute atomic E-state index is 0.0970. The van der Waals surface area contributed by atoms with Crippen molar-refractivity contribution in [2.45, 2.75) is 13.8 Å². The molecule has 0 spiro atoms. The molecule has 0 saturated carbocycles. The molecule has 7 nitrogen and oxygen atoms in total. The molecule has 0 atom stereocenters. The fourth-order valence-electron chi connectivity index (χ4n) is 1.72. The van der Waals surface area contributed by atoms with Gasteiger partial charge in [0.25, 0.3) is 5.69 Å². The second kappa shape index (κ2) is 8.47. The van der Waals surface area contributed by atoms with E-state index in [1.165, 1.54) is 6.07 Å². The summed E-state index contributed by atoms with van der Waals surface area (Å²) in [6, 6.07) is 4.73. The van der Waals surface area contributed by atoms with Gasteiger partial charge in [-0.15, -0.1) is 0 Å². The number of aromatic nitrogens is 1. The van der Waals surface area contributed by atoms with Gasteiger partial charge in [0.1, 0.15) is 5.02 Å². The van der Waals surface area contributed by atoms with Gasteiger partial charge < -0.3 is 10.1 Å². The fourth-order valence-corrected chi connectivity index (χ4v) is 2.18. The number of halogens is 2. The molecule has 24 heavy (non-hydrogen) atoms. The van der Waals surface area contributed by atoms with Crippen molar-refractivity contribution in [3.63, 3.8) is 0 Å². The number of benzene rings is 1. The summed E-state index contributed by atoms with van der Waals surface area (Å²) in [4.78, 5) is 33.2. The number of carboxylic acids is 1. The third-order valence-electron chi connectivity index (χ3n) is 2.89. The van der Waals surface area contributed by atoms with E-state index in [0.717, 1.165) is 0 Å². The zero-order chi connectivity index (χ0) is 18.4. The minimum atomic E-state index is -1.35. The first-order chi connectivity index (χ1) is 11.2. The van der Waals surface area contributed by atoms with Crippen molar-refractivity contribution in [3.8, 4) is 11.1 Å². The molecule has 0 bridgehead atoms. The van der Waals surface area contributed by atoms with E-state index in [-0.39, 0.29) is 10.7 Å². The fraction of sp³-hybridized carbons (Fsp3) is 0.200. The molecule has 2 rings (SSSR count). The van der Waals surface area contributed by atoms with Crippen LogP contribution >= 0.6 is 23.2 Å². The van der Waals surface area contributed by atoms with Gasteiger partial charge in [-0.3, -0.25) is 14.9 Å². The van der Waals surface area contributed by atoms with Crippen molar-refractivity contribution in [1.29, 1.82) is 0 Å². The average molecular weight is 373 g/mol. The van der Waals surface area contributed by atoms with Crippen LogP contribution in [0.15, 0.2) is 30.6 Å². The number of aromatic amines is 1. The predicted octanol–water partition coefficient (Wildman–Crippen LogP) is 4.19. The van der Waals surface area contributed by atoms with Gasteiger partial charge in [-0.05, 0) is 12.1 Å². The number of nitrogens with one attached hydrogen (secondary N) is 1. The van der Waals surface area contributed by atoms with Crippen LogP contribution in [0, 0.1) is 16.0 Å². The Kier molecular flexibility index (Phi) is 6.94. The number of hydrogen-bond donors (Lipinski definition) is 2. The van der Waals surface area contributed by atoms with Gasteiger partial charge in [-0.2, -0.15) is 0 Å². The highest BCUT2D eigenvalue weighted by molar-refractivity contribution is 6.35. The first-order valence-corrected chi connectivity index (χ1v) is 7.45. The molecule has 2 aromatic rings. The molecule has 9 heteroatoms. The van der Waals surface area contributed by atoms with Gasteiger partial charge >= 0.3 is 5.97 Å². The van der Waals surface area contributed by atoms with Crippen LogP contribution < -0.4 is 0 Å². The number of nitrogens with zero attached hydrogens (tertiary/aromatic N) is 1. The summed E-state index contributed by atoms with van der Waals surface area (Å²) < 4.78 is 0. The van der Waals surface area contributed by atoms with Crippen LogP contribution in [-0.2, 0) is 9.59 Å².